The van der Waals surface area contributed by atoms with Gasteiger partial charge in [0.2, 0.25) is 0 Å². The third-order valence-corrected chi connectivity index (χ3v) is 5.83. The standard InChI is InChI=1S/C14H20BrNS/c1-8(2)16-13-9(3)10(4)17-14-11(13)6-5-7-12(14)15/h5-10,13,16H,1-4H3. The highest BCUT2D eigenvalue weighted by Crippen LogP contribution is 2.47. The summed E-state index contributed by atoms with van der Waals surface area (Å²) < 4.78 is 1.23. The van der Waals surface area contributed by atoms with Crippen LogP contribution in [0.25, 0.3) is 0 Å². The van der Waals surface area contributed by atoms with E-state index < -0.39 is 0 Å². The molecule has 1 aliphatic heterocycles. The lowest BCUT2D eigenvalue weighted by Gasteiger charge is -2.37. The molecule has 94 valence electrons. The Hall–Kier alpha value is 0.01000. The van der Waals surface area contributed by atoms with E-state index in [0.717, 1.165) is 0 Å². The fourth-order valence-electron chi connectivity index (χ4n) is 2.34. The predicted molar refractivity (Wildman–Crippen MR) is 79.6 cm³/mol. The highest BCUT2D eigenvalue weighted by molar-refractivity contribution is 9.10. The molecule has 0 amide bonds. The lowest BCUT2D eigenvalue weighted by Crippen LogP contribution is -2.38. The zero-order valence-corrected chi connectivity index (χ0v) is 13.2. The van der Waals surface area contributed by atoms with E-state index in [1.165, 1.54) is 14.9 Å². The van der Waals surface area contributed by atoms with Crippen LogP contribution in [0.4, 0.5) is 0 Å². The van der Waals surface area contributed by atoms with Crippen LogP contribution in [0, 0.1) is 5.92 Å². The molecule has 1 N–H and O–H groups in total. The summed E-state index contributed by atoms with van der Waals surface area (Å²) in [6.07, 6.45) is 0. The normalized spacial score (nSPS) is 28.2. The third kappa shape index (κ3) is 2.72. The Morgan fingerprint density at radius 3 is 2.65 bits per heavy atom. The summed E-state index contributed by atoms with van der Waals surface area (Å²) in [4.78, 5) is 1.41. The largest absolute Gasteiger partial charge is 0.307 e. The zero-order valence-electron chi connectivity index (χ0n) is 10.8. The van der Waals surface area contributed by atoms with Crippen molar-refractivity contribution in [1.29, 1.82) is 0 Å². The Morgan fingerprint density at radius 1 is 1.29 bits per heavy atom. The van der Waals surface area contributed by atoms with Crippen molar-refractivity contribution in [2.24, 2.45) is 5.92 Å². The number of hydrogen-bond acceptors (Lipinski definition) is 2. The second-order valence-corrected chi connectivity index (χ2v) is 7.38. The molecule has 1 aromatic carbocycles. The predicted octanol–water partition coefficient (Wildman–Crippen LogP) is 4.62. The van der Waals surface area contributed by atoms with Gasteiger partial charge in [0.05, 0.1) is 0 Å². The van der Waals surface area contributed by atoms with E-state index in [4.69, 9.17) is 0 Å². The van der Waals surface area contributed by atoms with Gasteiger partial charge in [0.15, 0.2) is 0 Å². The number of hydrogen-bond donors (Lipinski definition) is 1. The van der Waals surface area contributed by atoms with Gasteiger partial charge < -0.3 is 5.32 Å². The minimum absolute atomic E-state index is 0.471. The van der Waals surface area contributed by atoms with Crippen LogP contribution in [-0.4, -0.2) is 11.3 Å². The summed E-state index contributed by atoms with van der Waals surface area (Å²) >= 11 is 5.67. The molecule has 3 unspecified atom stereocenters. The van der Waals surface area contributed by atoms with Crippen LogP contribution in [0.2, 0.25) is 0 Å². The first-order valence-electron chi connectivity index (χ1n) is 6.21. The van der Waals surface area contributed by atoms with Crippen LogP contribution >= 0.6 is 27.7 Å². The highest BCUT2D eigenvalue weighted by atomic mass is 79.9. The molecular weight excluding hydrogens is 294 g/mol. The zero-order chi connectivity index (χ0) is 12.6. The number of benzene rings is 1. The first kappa shape index (κ1) is 13.4. The lowest BCUT2D eigenvalue weighted by molar-refractivity contribution is 0.348. The summed E-state index contributed by atoms with van der Waals surface area (Å²) in [5.74, 6) is 0.657. The molecule has 17 heavy (non-hydrogen) atoms. The summed E-state index contributed by atoms with van der Waals surface area (Å²) in [7, 11) is 0. The molecule has 0 aliphatic carbocycles. The Kier molecular flexibility index (Phi) is 4.22. The van der Waals surface area contributed by atoms with Crippen LogP contribution in [0.15, 0.2) is 27.6 Å². The number of halogens is 1. The maximum Gasteiger partial charge on any atom is 0.0370 e. The van der Waals surface area contributed by atoms with Gasteiger partial charge in [0.1, 0.15) is 0 Å². The van der Waals surface area contributed by atoms with Gasteiger partial charge in [0, 0.05) is 26.7 Å². The second-order valence-electron chi connectivity index (χ2n) is 5.14. The first-order valence-corrected chi connectivity index (χ1v) is 7.89. The molecule has 1 aromatic rings. The second kappa shape index (κ2) is 5.33. The summed E-state index contributed by atoms with van der Waals surface area (Å²) in [6.45, 7) is 9.11. The summed E-state index contributed by atoms with van der Waals surface area (Å²) in [5, 5.41) is 4.36. The maximum absolute atomic E-state index is 3.71. The van der Waals surface area contributed by atoms with E-state index in [1.807, 2.05) is 11.8 Å². The molecule has 0 radical (unpaired) electrons. The van der Waals surface area contributed by atoms with Gasteiger partial charge in [-0.05, 0) is 33.5 Å². The molecule has 1 aliphatic rings. The van der Waals surface area contributed by atoms with E-state index in [0.29, 0.717) is 23.3 Å². The smallest absolute Gasteiger partial charge is 0.0370 e. The molecule has 0 saturated carbocycles. The van der Waals surface area contributed by atoms with Gasteiger partial charge in [0.25, 0.3) is 0 Å². The molecule has 0 saturated heterocycles. The van der Waals surface area contributed by atoms with Crippen molar-refractivity contribution in [2.75, 3.05) is 0 Å². The third-order valence-electron chi connectivity index (χ3n) is 3.42. The van der Waals surface area contributed by atoms with E-state index >= 15 is 0 Å². The summed E-state index contributed by atoms with van der Waals surface area (Å²) in [6, 6.07) is 7.53. The highest BCUT2D eigenvalue weighted by Gasteiger charge is 2.33. The Bertz CT molecular complexity index is 405. The lowest BCUT2D eigenvalue weighted by atomic mass is 9.91. The average molecular weight is 314 g/mol. The van der Waals surface area contributed by atoms with Crippen molar-refractivity contribution in [3.8, 4) is 0 Å². The molecule has 1 nitrogen and oxygen atoms in total. The number of fused-ring (bicyclic) bond motifs is 1. The average Bonchev–Trinajstić information content (AvgIpc) is 2.26. The van der Waals surface area contributed by atoms with E-state index in [2.05, 4.69) is 67.1 Å². The number of thioether (sulfide) groups is 1. The van der Waals surface area contributed by atoms with Crippen molar-refractivity contribution in [3.05, 3.63) is 28.2 Å². The minimum atomic E-state index is 0.471. The maximum atomic E-state index is 3.71. The SMILES string of the molecule is CC(C)NC1c2cccc(Br)c2SC(C)C1C. The first-order chi connectivity index (χ1) is 8.00. The van der Waals surface area contributed by atoms with Gasteiger partial charge >= 0.3 is 0 Å². The van der Waals surface area contributed by atoms with Gasteiger partial charge in [-0.3, -0.25) is 0 Å². The molecule has 0 spiro atoms. The van der Waals surface area contributed by atoms with Crippen molar-refractivity contribution in [1.82, 2.24) is 5.32 Å². The van der Waals surface area contributed by atoms with Gasteiger partial charge in [-0.15, -0.1) is 11.8 Å². The molecule has 1 heterocycles. The Labute approximate surface area is 117 Å². The summed E-state index contributed by atoms with van der Waals surface area (Å²) in [5.41, 5.74) is 1.45. The molecule has 3 heteroatoms. The molecule has 3 atom stereocenters. The molecule has 0 fully saturated rings. The number of nitrogens with one attached hydrogen (secondary N) is 1. The molecule has 0 bridgehead atoms. The van der Waals surface area contributed by atoms with Crippen LogP contribution in [0.3, 0.4) is 0 Å². The molecular formula is C14H20BrNS. The van der Waals surface area contributed by atoms with Gasteiger partial charge in [-0.2, -0.15) is 0 Å². The number of rotatable bonds is 2. The van der Waals surface area contributed by atoms with Gasteiger partial charge in [-0.25, -0.2) is 0 Å². The molecule has 0 aromatic heterocycles. The Balaban J connectivity index is 2.41. The monoisotopic (exact) mass is 313 g/mol. The Morgan fingerprint density at radius 2 is 2.00 bits per heavy atom. The van der Waals surface area contributed by atoms with Crippen molar-refractivity contribution in [2.45, 2.75) is 49.9 Å². The molecule has 2 rings (SSSR count). The van der Waals surface area contributed by atoms with Crippen LogP contribution in [0.1, 0.15) is 39.3 Å². The van der Waals surface area contributed by atoms with Crippen LogP contribution < -0.4 is 5.32 Å². The minimum Gasteiger partial charge on any atom is -0.307 e. The van der Waals surface area contributed by atoms with E-state index in [9.17, 15) is 0 Å². The van der Waals surface area contributed by atoms with Crippen molar-refractivity contribution in [3.63, 3.8) is 0 Å². The van der Waals surface area contributed by atoms with E-state index in [1.54, 1.807) is 0 Å². The van der Waals surface area contributed by atoms with Crippen LogP contribution in [-0.2, 0) is 0 Å². The fraction of sp³-hybridized carbons (Fsp3) is 0.571. The van der Waals surface area contributed by atoms with Crippen molar-refractivity contribution >= 4 is 27.7 Å². The topological polar surface area (TPSA) is 12.0 Å². The fourth-order valence-corrected chi connectivity index (χ4v) is 4.26. The van der Waals surface area contributed by atoms with Gasteiger partial charge in [-0.1, -0.05) is 39.8 Å². The van der Waals surface area contributed by atoms with E-state index in [-0.39, 0.29) is 0 Å². The van der Waals surface area contributed by atoms with Crippen molar-refractivity contribution < 1.29 is 0 Å². The quantitative estimate of drug-likeness (QED) is 0.855. The van der Waals surface area contributed by atoms with Crippen LogP contribution in [0.5, 0.6) is 0 Å².